The third-order valence-electron chi connectivity index (χ3n) is 2.92. The molecule has 0 aliphatic heterocycles. The van der Waals surface area contributed by atoms with Gasteiger partial charge in [0.1, 0.15) is 17.2 Å². The van der Waals surface area contributed by atoms with E-state index in [1.807, 2.05) is 0 Å². The number of azo groups is 1. The Labute approximate surface area is 128 Å². The summed E-state index contributed by atoms with van der Waals surface area (Å²) >= 11 is 3.29. The fraction of sp³-hybridized carbons (Fsp3) is 0. The topological polar surface area (TPSA) is 78.1 Å². The summed E-state index contributed by atoms with van der Waals surface area (Å²) in [5.74, 6) is 0.523. The Morgan fingerprint density at radius 1 is 0.952 bits per heavy atom. The molecule has 104 valence electrons. The van der Waals surface area contributed by atoms with Crippen LogP contribution in [0.5, 0.6) is 11.5 Å². The van der Waals surface area contributed by atoms with Crippen LogP contribution in [-0.4, -0.2) is 15.2 Å². The summed E-state index contributed by atoms with van der Waals surface area (Å²) in [7, 11) is 0. The van der Waals surface area contributed by atoms with E-state index in [1.54, 1.807) is 48.7 Å². The second-order valence-corrected chi connectivity index (χ2v) is 5.29. The third-order valence-corrected chi connectivity index (χ3v) is 3.39. The van der Waals surface area contributed by atoms with Crippen molar-refractivity contribution >= 4 is 38.2 Å². The monoisotopic (exact) mass is 343 g/mol. The molecule has 2 aromatic carbocycles. The Balaban J connectivity index is 2.09. The highest BCUT2D eigenvalue weighted by Gasteiger charge is 2.07. The Morgan fingerprint density at radius 2 is 1.76 bits per heavy atom. The number of hydrogen-bond acceptors (Lipinski definition) is 5. The molecular weight excluding hydrogens is 334 g/mol. The third kappa shape index (κ3) is 2.85. The smallest absolute Gasteiger partial charge is 0.174 e. The van der Waals surface area contributed by atoms with Gasteiger partial charge in [-0.15, -0.1) is 10.2 Å². The summed E-state index contributed by atoms with van der Waals surface area (Å²) in [4.78, 5) is 4.08. The van der Waals surface area contributed by atoms with Gasteiger partial charge in [-0.05, 0) is 51.6 Å². The van der Waals surface area contributed by atoms with Crippen molar-refractivity contribution in [1.29, 1.82) is 0 Å². The van der Waals surface area contributed by atoms with E-state index >= 15 is 0 Å². The van der Waals surface area contributed by atoms with E-state index in [0.717, 1.165) is 9.86 Å². The first kappa shape index (κ1) is 13.5. The van der Waals surface area contributed by atoms with E-state index < -0.39 is 0 Å². The van der Waals surface area contributed by atoms with E-state index in [-0.39, 0.29) is 11.5 Å². The molecule has 3 aromatic rings. The zero-order chi connectivity index (χ0) is 14.8. The maximum absolute atomic E-state index is 9.96. The molecule has 0 aliphatic rings. The molecule has 0 saturated heterocycles. The van der Waals surface area contributed by atoms with Gasteiger partial charge in [0.25, 0.3) is 0 Å². The Kier molecular flexibility index (Phi) is 3.53. The Hall–Kier alpha value is -2.47. The first-order chi connectivity index (χ1) is 10.1. The van der Waals surface area contributed by atoms with Crippen molar-refractivity contribution in [3.63, 3.8) is 0 Å². The largest absolute Gasteiger partial charge is 0.508 e. The summed E-state index contributed by atoms with van der Waals surface area (Å²) in [6, 6.07) is 11.7. The standard InChI is InChI=1S/C15H10BrN3O2/c16-10-3-6-14(17-8-10)18-19-15-12-7-11(20)4-1-9(12)2-5-13(15)21/h1-8,20-21H. The highest BCUT2D eigenvalue weighted by Crippen LogP contribution is 2.37. The molecule has 3 rings (SSSR count). The molecule has 0 bridgehead atoms. The van der Waals surface area contributed by atoms with E-state index in [4.69, 9.17) is 0 Å². The highest BCUT2D eigenvalue weighted by molar-refractivity contribution is 9.10. The molecule has 2 N–H and O–H groups in total. The number of rotatable bonds is 2. The minimum Gasteiger partial charge on any atom is -0.508 e. The van der Waals surface area contributed by atoms with Crippen LogP contribution >= 0.6 is 15.9 Å². The molecule has 5 nitrogen and oxygen atoms in total. The molecule has 6 heteroatoms. The summed E-state index contributed by atoms with van der Waals surface area (Å²) in [6.07, 6.45) is 1.61. The molecule has 1 heterocycles. The number of pyridine rings is 1. The van der Waals surface area contributed by atoms with Crippen LogP contribution in [0.2, 0.25) is 0 Å². The number of fused-ring (bicyclic) bond motifs is 1. The number of benzene rings is 2. The van der Waals surface area contributed by atoms with Gasteiger partial charge in [0, 0.05) is 16.1 Å². The molecule has 0 unspecified atom stereocenters. The normalized spacial score (nSPS) is 11.3. The molecule has 0 atom stereocenters. The number of halogens is 1. The Bertz CT molecular complexity index is 827. The first-order valence-electron chi connectivity index (χ1n) is 6.11. The average molecular weight is 344 g/mol. The highest BCUT2D eigenvalue weighted by atomic mass is 79.9. The van der Waals surface area contributed by atoms with E-state index in [9.17, 15) is 10.2 Å². The van der Waals surface area contributed by atoms with Gasteiger partial charge in [-0.3, -0.25) is 0 Å². The van der Waals surface area contributed by atoms with Crippen molar-refractivity contribution in [3.8, 4) is 11.5 Å². The number of hydrogen-bond donors (Lipinski definition) is 2. The summed E-state index contributed by atoms with van der Waals surface area (Å²) < 4.78 is 0.847. The summed E-state index contributed by atoms with van der Waals surface area (Å²) in [5, 5.41) is 29.1. The quantitative estimate of drug-likeness (QED) is 0.654. The zero-order valence-corrected chi connectivity index (χ0v) is 12.3. The minimum absolute atomic E-state index is 0.00559. The van der Waals surface area contributed by atoms with Gasteiger partial charge in [-0.25, -0.2) is 4.98 Å². The van der Waals surface area contributed by atoms with Crippen molar-refractivity contribution in [2.45, 2.75) is 0 Å². The predicted octanol–water partition coefficient (Wildman–Crippen LogP) is 4.82. The van der Waals surface area contributed by atoms with Gasteiger partial charge in [0.2, 0.25) is 0 Å². The van der Waals surface area contributed by atoms with Gasteiger partial charge in [-0.2, -0.15) is 0 Å². The van der Waals surface area contributed by atoms with Crippen LogP contribution in [0, 0.1) is 0 Å². The first-order valence-corrected chi connectivity index (χ1v) is 6.91. The molecule has 0 fully saturated rings. The molecule has 0 amide bonds. The van der Waals surface area contributed by atoms with Crippen molar-refractivity contribution in [3.05, 3.63) is 53.1 Å². The lowest BCUT2D eigenvalue weighted by molar-refractivity contribution is 0.475. The average Bonchev–Trinajstić information content (AvgIpc) is 2.48. The minimum atomic E-state index is -0.00559. The van der Waals surface area contributed by atoms with E-state index in [2.05, 4.69) is 31.1 Å². The van der Waals surface area contributed by atoms with Gasteiger partial charge in [0.05, 0.1) is 0 Å². The molecule has 1 aromatic heterocycles. The number of aromatic hydroxyl groups is 2. The fourth-order valence-electron chi connectivity index (χ4n) is 1.91. The maximum Gasteiger partial charge on any atom is 0.174 e. The van der Waals surface area contributed by atoms with Gasteiger partial charge < -0.3 is 10.2 Å². The van der Waals surface area contributed by atoms with Crippen LogP contribution in [0.1, 0.15) is 0 Å². The second kappa shape index (κ2) is 5.49. The van der Waals surface area contributed by atoms with Crippen molar-refractivity contribution in [1.82, 2.24) is 4.98 Å². The van der Waals surface area contributed by atoms with Gasteiger partial charge >= 0.3 is 0 Å². The molecule has 0 spiro atoms. The van der Waals surface area contributed by atoms with Crippen LogP contribution in [0.4, 0.5) is 11.5 Å². The number of aromatic nitrogens is 1. The van der Waals surface area contributed by atoms with E-state index in [0.29, 0.717) is 16.9 Å². The van der Waals surface area contributed by atoms with Crippen LogP contribution in [-0.2, 0) is 0 Å². The van der Waals surface area contributed by atoms with Gasteiger partial charge in [0.15, 0.2) is 5.82 Å². The molecule has 0 saturated carbocycles. The summed E-state index contributed by atoms with van der Waals surface area (Å²) in [6.45, 7) is 0. The SMILES string of the molecule is Oc1ccc2ccc(O)c(N=Nc3ccc(Br)cn3)c2c1. The van der Waals surface area contributed by atoms with Crippen LogP contribution in [0.15, 0.2) is 63.4 Å². The van der Waals surface area contributed by atoms with Crippen molar-refractivity contribution < 1.29 is 10.2 Å². The van der Waals surface area contributed by atoms with Gasteiger partial charge in [-0.1, -0.05) is 12.1 Å². The molecule has 0 aliphatic carbocycles. The maximum atomic E-state index is 9.96. The number of phenolic OH excluding ortho intramolecular Hbond substituents is 2. The number of phenols is 2. The molecular formula is C15H10BrN3O2. The van der Waals surface area contributed by atoms with Crippen molar-refractivity contribution in [2.75, 3.05) is 0 Å². The predicted molar refractivity (Wildman–Crippen MR) is 83.4 cm³/mol. The Morgan fingerprint density at radius 3 is 2.52 bits per heavy atom. The second-order valence-electron chi connectivity index (χ2n) is 4.37. The molecule has 21 heavy (non-hydrogen) atoms. The van der Waals surface area contributed by atoms with Crippen LogP contribution < -0.4 is 0 Å². The summed E-state index contributed by atoms with van der Waals surface area (Å²) in [5.41, 5.74) is 0.299. The number of nitrogens with zero attached hydrogens (tertiary/aromatic N) is 3. The zero-order valence-electron chi connectivity index (χ0n) is 10.7. The lowest BCUT2D eigenvalue weighted by Crippen LogP contribution is -1.76. The van der Waals surface area contributed by atoms with Crippen LogP contribution in [0.25, 0.3) is 10.8 Å². The lowest BCUT2D eigenvalue weighted by atomic mass is 10.1. The fourth-order valence-corrected chi connectivity index (χ4v) is 2.15. The van der Waals surface area contributed by atoms with Crippen LogP contribution in [0.3, 0.4) is 0 Å². The van der Waals surface area contributed by atoms with E-state index in [1.165, 1.54) is 0 Å². The lowest BCUT2D eigenvalue weighted by Gasteiger charge is -2.04. The molecule has 0 radical (unpaired) electrons. The van der Waals surface area contributed by atoms with Crippen molar-refractivity contribution in [2.24, 2.45) is 10.2 Å².